The minimum absolute atomic E-state index is 0.0169. The minimum Gasteiger partial charge on any atom is -0.494 e. The van der Waals surface area contributed by atoms with Gasteiger partial charge in [0.2, 0.25) is 0 Å². The van der Waals surface area contributed by atoms with Gasteiger partial charge in [0, 0.05) is 55.4 Å². The summed E-state index contributed by atoms with van der Waals surface area (Å²) in [5, 5.41) is 10.4. The molecular formula is C34H34N10O2. The Bertz CT molecular complexity index is 2070. The van der Waals surface area contributed by atoms with Gasteiger partial charge in [-0.3, -0.25) is 9.78 Å². The molecule has 12 heteroatoms. The molecule has 0 unspecified atom stereocenters. The Balaban J connectivity index is 1.18. The zero-order chi connectivity index (χ0) is 31.1. The number of nitrogens with two attached hydrogens (primary N) is 1. The van der Waals surface area contributed by atoms with Crippen LogP contribution in [0.25, 0.3) is 33.6 Å². The predicted octanol–water partition coefficient (Wildman–Crippen LogP) is 3.76. The van der Waals surface area contributed by atoms with Gasteiger partial charge in [0.1, 0.15) is 28.8 Å². The molecule has 2 saturated heterocycles. The van der Waals surface area contributed by atoms with Crippen molar-refractivity contribution in [3.05, 3.63) is 60.2 Å². The molecule has 2 aliphatic carbocycles. The third kappa shape index (κ3) is 4.18. The molecule has 0 spiro atoms. The maximum Gasteiger partial charge on any atom is 0.254 e. The monoisotopic (exact) mass is 614 g/mol. The van der Waals surface area contributed by atoms with Gasteiger partial charge in [0.25, 0.3) is 5.91 Å². The molecule has 12 nitrogen and oxygen atoms in total. The first kappa shape index (κ1) is 27.3. The third-order valence-corrected chi connectivity index (χ3v) is 10.4. The number of anilines is 1. The molecule has 5 aromatic rings. The fraction of sp³-hybridized carbons (Fsp3) is 0.412. The Hall–Kier alpha value is -5.02. The summed E-state index contributed by atoms with van der Waals surface area (Å²) in [6.45, 7) is 2.89. The lowest BCUT2D eigenvalue weighted by Crippen LogP contribution is -2.48. The Morgan fingerprint density at radius 1 is 1.11 bits per heavy atom. The normalized spacial score (nSPS) is 22.5. The molecule has 1 amide bonds. The predicted molar refractivity (Wildman–Crippen MR) is 171 cm³/mol. The number of ether oxygens (including phenoxy) is 1. The van der Waals surface area contributed by atoms with Gasteiger partial charge in [-0.2, -0.15) is 5.26 Å². The third-order valence-electron chi connectivity index (χ3n) is 10.4. The molecule has 2 aliphatic heterocycles. The zero-order valence-corrected chi connectivity index (χ0v) is 25.6. The molecule has 2 saturated carbocycles. The number of likely N-dealkylation sites (tertiary alicyclic amines) is 1. The minimum atomic E-state index is -0.0169. The first-order valence-corrected chi connectivity index (χ1v) is 16.1. The Morgan fingerprint density at radius 3 is 2.72 bits per heavy atom. The van der Waals surface area contributed by atoms with Crippen molar-refractivity contribution in [3.8, 4) is 23.3 Å². The molecule has 3 atom stereocenters. The van der Waals surface area contributed by atoms with E-state index in [1.807, 2.05) is 29.3 Å². The first-order chi connectivity index (χ1) is 22.5. The van der Waals surface area contributed by atoms with E-state index in [1.54, 1.807) is 13.3 Å². The van der Waals surface area contributed by atoms with Crippen LogP contribution in [0.4, 0.5) is 5.82 Å². The van der Waals surface area contributed by atoms with Gasteiger partial charge in [-0.05, 0) is 67.9 Å². The van der Waals surface area contributed by atoms with Crippen LogP contribution < -0.4 is 15.4 Å². The summed E-state index contributed by atoms with van der Waals surface area (Å²) in [4.78, 5) is 36.7. The Kier molecular flexibility index (Phi) is 6.08. The highest BCUT2D eigenvalue weighted by Gasteiger charge is 2.47. The number of methoxy groups -OCH3 is 1. The molecule has 4 aromatic heterocycles. The van der Waals surface area contributed by atoms with Crippen LogP contribution in [-0.4, -0.2) is 78.7 Å². The summed E-state index contributed by atoms with van der Waals surface area (Å²) in [5.74, 6) is 3.08. The highest BCUT2D eigenvalue weighted by Crippen LogP contribution is 2.42. The molecule has 9 rings (SSSR count). The average molecular weight is 615 g/mol. The van der Waals surface area contributed by atoms with E-state index < -0.39 is 0 Å². The van der Waals surface area contributed by atoms with Crippen LogP contribution in [0.5, 0.6) is 5.75 Å². The van der Waals surface area contributed by atoms with Gasteiger partial charge in [-0.1, -0.05) is 0 Å². The van der Waals surface area contributed by atoms with Crippen LogP contribution >= 0.6 is 0 Å². The van der Waals surface area contributed by atoms with E-state index in [-0.39, 0.29) is 29.7 Å². The molecule has 1 aromatic carbocycles. The number of imidazole rings is 1. The van der Waals surface area contributed by atoms with E-state index in [0.29, 0.717) is 54.1 Å². The van der Waals surface area contributed by atoms with Crippen molar-refractivity contribution in [1.82, 2.24) is 34.0 Å². The summed E-state index contributed by atoms with van der Waals surface area (Å²) >= 11 is 0. The van der Waals surface area contributed by atoms with Gasteiger partial charge in [-0.25, -0.2) is 15.0 Å². The highest BCUT2D eigenvalue weighted by molar-refractivity contribution is 6.00. The largest absolute Gasteiger partial charge is 0.494 e. The van der Waals surface area contributed by atoms with Crippen molar-refractivity contribution >= 4 is 33.8 Å². The molecule has 0 radical (unpaired) electrons. The van der Waals surface area contributed by atoms with Crippen molar-refractivity contribution in [2.45, 2.75) is 50.4 Å². The number of pyridine rings is 1. The number of aromatic nitrogens is 6. The summed E-state index contributed by atoms with van der Waals surface area (Å²) in [6.07, 6.45) is 9.47. The van der Waals surface area contributed by atoms with Gasteiger partial charge < -0.3 is 29.4 Å². The van der Waals surface area contributed by atoms with Gasteiger partial charge >= 0.3 is 0 Å². The number of piperidine rings is 1. The van der Waals surface area contributed by atoms with Crippen molar-refractivity contribution in [3.63, 3.8) is 0 Å². The Morgan fingerprint density at radius 2 is 1.98 bits per heavy atom. The first-order valence-electron chi connectivity index (χ1n) is 16.1. The second kappa shape index (κ2) is 10.3. The molecule has 6 heterocycles. The zero-order valence-electron chi connectivity index (χ0n) is 25.6. The van der Waals surface area contributed by atoms with E-state index in [2.05, 4.69) is 42.2 Å². The number of nitriles is 1. The smallest absolute Gasteiger partial charge is 0.254 e. The van der Waals surface area contributed by atoms with Crippen LogP contribution in [-0.2, 0) is 6.54 Å². The number of nitrogens with zero attached hydrogens (tertiary/aromatic N) is 9. The number of hydrogen-bond donors (Lipinski definition) is 1. The lowest BCUT2D eigenvalue weighted by atomic mass is 10.1. The van der Waals surface area contributed by atoms with Gasteiger partial charge in [0.05, 0.1) is 36.8 Å². The fourth-order valence-electron chi connectivity index (χ4n) is 7.84. The fourth-order valence-corrected chi connectivity index (χ4v) is 7.84. The lowest BCUT2D eigenvalue weighted by molar-refractivity contribution is 0.0700. The van der Waals surface area contributed by atoms with Crippen LogP contribution in [0.15, 0.2) is 48.9 Å². The summed E-state index contributed by atoms with van der Waals surface area (Å²) in [6, 6.07) is 12.3. The maximum atomic E-state index is 13.9. The van der Waals surface area contributed by atoms with E-state index in [4.69, 9.17) is 20.4 Å². The summed E-state index contributed by atoms with van der Waals surface area (Å²) in [7, 11) is 1.65. The number of rotatable bonds is 7. The van der Waals surface area contributed by atoms with Crippen molar-refractivity contribution < 1.29 is 9.53 Å². The van der Waals surface area contributed by atoms with Crippen LogP contribution in [0.3, 0.4) is 0 Å². The number of benzene rings is 1. The molecule has 2 N–H and O–H groups in total. The molecular weight excluding hydrogens is 580 g/mol. The topological polar surface area (TPSA) is 144 Å². The SMILES string of the molecule is COc1cc(C(=O)N2C[C@H]3CC[C@@H]2[C@@H]3N)cc2nc(-c3cc4cccnc4n3CC3CC3)n(C3CN(c4cncc(C#N)n4)C3)c12. The summed E-state index contributed by atoms with van der Waals surface area (Å²) in [5.41, 5.74) is 10.8. The van der Waals surface area contributed by atoms with Crippen LogP contribution in [0.1, 0.15) is 47.8 Å². The van der Waals surface area contributed by atoms with Crippen LogP contribution in [0.2, 0.25) is 0 Å². The van der Waals surface area contributed by atoms with E-state index >= 15 is 0 Å². The maximum absolute atomic E-state index is 13.9. The standard InChI is InChI=1S/C34H34N10O2/c1-46-28-11-22(34(45)43-16-21-6-7-26(43)30(21)36)9-25-31(28)44(24-17-41(18-24)29-14-37-13-23(12-35)39-29)33(40-25)27-10-20-3-2-8-38-32(20)42(27)15-19-4-5-19/h2-3,8-11,13-14,19,21,24,26,30H,4-7,15-18,36H2,1H3/t21-,26-,30-/m1/s1. The number of carbonyl (C=O) groups excluding carboxylic acids is 1. The highest BCUT2D eigenvalue weighted by atomic mass is 16.5. The van der Waals surface area contributed by atoms with Crippen molar-refractivity contribution in [2.24, 2.45) is 17.6 Å². The van der Waals surface area contributed by atoms with E-state index in [1.165, 1.54) is 19.0 Å². The number of carbonyl (C=O) groups is 1. The molecule has 2 bridgehead atoms. The van der Waals surface area contributed by atoms with Gasteiger partial charge in [-0.15, -0.1) is 0 Å². The molecule has 46 heavy (non-hydrogen) atoms. The number of amides is 1. The number of hydrogen-bond acceptors (Lipinski definition) is 9. The lowest BCUT2D eigenvalue weighted by Gasteiger charge is -2.41. The van der Waals surface area contributed by atoms with E-state index in [0.717, 1.165) is 47.5 Å². The number of fused-ring (bicyclic) bond motifs is 4. The second-order valence-corrected chi connectivity index (χ2v) is 13.2. The quantitative estimate of drug-likeness (QED) is 0.290. The molecule has 4 fully saturated rings. The second-order valence-electron chi connectivity index (χ2n) is 13.2. The van der Waals surface area contributed by atoms with Crippen molar-refractivity contribution in [2.75, 3.05) is 31.6 Å². The Labute approximate surface area is 265 Å². The van der Waals surface area contributed by atoms with E-state index in [9.17, 15) is 10.1 Å². The molecule has 4 aliphatic rings. The van der Waals surface area contributed by atoms with Crippen molar-refractivity contribution in [1.29, 1.82) is 5.26 Å². The summed E-state index contributed by atoms with van der Waals surface area (Å²) < 4.78 is 10.6. The van der Waals surface area contributed by atoms with Crippen LogP contribution in [0, 0.1) is 23.2 Å². The van der Waals surface area contributed by atoms with Gasteiger partial charge in [0.15, 0.2) is 11.5 Å². The average Bonchev–Trinajstić information content (AvgIpc) is 3.41. The molecule has 232 valence electrons.